The minimum Gasteiger partial charge on any atom is -0.496 e. The van der Waals surface area contributed by atoms with Crippen LogP contribution in [0.3, 0.4) is 0 Å². The second kappa shape index (κ2) is 8.95. The van der Waals surface area contributed by atoms with E-state index in [2.05, 4.69) is 21.8 Å². The summed E-state index contributed by atoms with van der Waals surface area (Å²) in [5.74, 6) is 0.918. The van der Waals surface area contributed by atoms with Crippen LogP contribution in [0.2, 0.25) is 0 Å². The van der Waals surface area contributed by atoms with Crippen molar-refractivity contribution < 1.29 is 9.53 Å². The number of carbonyl (C=O) groups is 1. The van der Waals surface area contributed by atoms with Crippen LogP contribution >= 0.6 is 24.8 Å². The Balaban J connectivity index is 0.00000131. The molecule has 2 unspecified atom stereocenters. The van der Waals surface area contributed by atoms with E-state index in [4.69, 9.17) is 4.74 Å². The fraction of sp³-hybridized carbons (Fsp3) is 0.474. The Morgan fingerprint density at radius 2 is 2.07 bits per heavy atom. The number of nitrogens with one attached hydrogen (secondary N) is 2. The number of halogens is 2. The molecule has 0 saturated heterocycles. The monoisotopic (exact) mass is 412 g/mol. The van der Waals surface area contributed by atoms with Crippen LogP contribution in [-0.4, -0.2) is 34.9 Å². The molecule has 148 valence electrons. The molecule has 2 aromatic rings. The molecule has 1 heterocycles. The number of hydrogen-bond donors (Lipinski definition) is 2. The van der Waals surface area contributed by atoms with Crippen molar-refractivity contribution in [3.05, 3.63) is 41.7 Å². The first-order chi connectivity index (χ1) is 12.1. The Morgan fingerprint density at radius 3 is 2.67 bits per heavy atom. The van der Waals surface area contributed by atoms with Crippen LogP contribution < -0.4 is 15.4 Å². The van der Waals surface area contributed by atoms with Gasteiger partial charge in [-0.15, -0.1) is 24.8 Å². The van der Waals surface area contributed by atoms with Crippen molar-refractivity contribution in [1.82, 2.24) is 15.1 Å². The average molecular weight is 413 g/mol. The maximum atomic E-state index is 12.7. The van der Waals surface area contributed by atoms with Crippen molar-refractivity contribution in [3.8, 4) is 5.75 Å². The molecule has 2 aliphatic rings. The highest BCUT2D eigenvalue weighted by molar-refractivity contribution is 6.06. The van der Waals surface area contributed by atoms with E-state index in [1.54, 1.807) is 24.2 Å². The van der Waals surface area contributed by atoms with Gasteiger partial charge in [0.05, 0.1) is 24.6 Å². The lowest BCUT2D eigenvalue weighted by Crippen LogP contribution is -2.37. The number of amides is 1. The van der Waals surface area contributed by atoms with Gasteiger partial charge in [-0.1, -0.05) is 12.5 Å². The van der Waals surface area contributed by atoms with Gasteiger partial charge >= 0.3 is 0 Å². The molecular weight excluding hydrogens is 387 g/mol. The van der Waals surface area contributed by atoms with Crippen LogP contribution in [0.15, 0.2) is 30.6 Å². The predicted molar refractivity (Wildman–Crippen MR) is 111 cm³/mol. The van der Waals surface area contributed by atoms with Crippen LogP contribution in [0.5, 0.6) is 5.75 Å². The van der Waals surface area contributed by atoms with E-state index in [-0.39, 0.29) is 30.7 Å². The third kappa shape index (κ3) is 4.75. The van der Waals surface area contributed by atoms with Gasteiger partial charge in [-0.05, 0) is 37.0 Å². The Kier molecular flexibility index (Phi) is 7.14. The van der Waals surface area contributed by atoms with Crippen LogP contribution in [0, 0.1) is 0 Å². The number of aryl methyl sites for hydroxylation is 1. The molecule has 2 fully saturated rings. The molecule has 0 spiro atoms. The number of aromatic nitrogens is 2. The molecule has 0 bridgehead atoms. The number of rotatable bonds is 6. The van der Waals surface area contributed by atoms with E-state index < -0.39 is 0 Å². The number of methoxy groups -OCH3 is 1. The lowest BCUT2D eigenvalue weighted by molar-refractivity contribution is 0.102. The quantitative estimate of drug-likeness (QED) is 0.761. The Hall–Kier alpha value is -1.76. The third-order valence-electron chi connectivity index (χ3n) is 5.20. The number of nitrogens with zero attached hydrogens (tertiary/aromatic N) is 2. The molecule has 1 aromatic carbocycles. The zero-order valence-corrected chi connectivity index (χ0v) is 17.1. The highest BCUT2D eigenvalue weighted by atomic mass is 35.5. The SMILES string of the molecule is COc1ccc(C2CC2NC2CCC2)cc1C(=O)Nc1cnn(C)c1.Cl.Cl. The summed E-state index contributed by atoms with van der Waals surface area (Å²) in [6.45, 7) is 0. The standard InChI is InChI=1S/C19H24N4O2.2ClH/c1-23-11-14(10-20-23)22-19(24)16-8-12(6-7-18(16)25-2)15-9-17(15)21-13-4-3-5-13;;/h6-8,10-11,13,15,17,21H,3-5,9H2,1-2H3,(H,22,24);2*1H. The summed E-state index contributed by atoms with van der Waals surface area (Å²) in [5.41, 5.74) is 2.45. The molecule has 8 heteroatoms. The molecule has 2 aliphatic carbocycles. The fourth-order valence-electron chi connectivity index (χ4n) is 3.44. The van der Waals surface area contributed by atoms with Crippen molar-refractivity contribution >= 4 is 36.4 Å². The number of anilines is 1. The van der Waals surface area contributed by atoms with Crippen molar-refractivity contribution in [2.24, 2.45) is 7.05 Å². The van der Waals surface area contributed by atoms with Gasteiger partial charge in [-0.2, -0.15) is 5.10 Å². The predicted octanol–water partition coefficient (Wildman–Crippen LogP) is 3.52. The highest BCUT2D eigenvalue weighted by Crippen LogP contribution is 2.43. The first-order valence-corrected chi connectivity index (χ1v) is 8.88. The summed E-state index contributed by atoms with van der Waals surface area (Å²) in [6.07, 6.45) is 8.49. The zero-order chi connectivity index (χ0) is 17.4. The molecule has 2 saturated carbocycles. The molecule has 0 radical (unpaired) electrons. The van der Waals surface area contributed by atoms with Crippen molar-refractivity contribution in [2.45, 2.75) is 43.7 Å². The first kappa shape index (κ1) is 21.5. The second-order valence-corrected chi connectivity index (χ2v) is 7.06. The van der Waals surface area contributed by atoms with Crippen LogP contribution in [0.1, 0.15) is 47.5 Å². The van der Waals surface area contributed by atoms with Gasteiger partial charge in [0, 0.05) is 31.2 Å². The van der Waals surface area contributed by atoms with Crippen LogP contribution in [0.25, 0.3) is 0 Å². The Morgan fingerprint density at radius 1 is 1.30 bits per heavy atom. The summed E-state index contributed by atoms with van der Waals surface area (Å²) >= 11 is 0. The van der Waals surface area contributed by atoms with Gasteiger partial charge < -0.3 is 15.4 Å². The van der Waals surface area contributed by atoms with Crippen molar-refractivity contribution in [2.75, 3.05) is 12.4 Å². The molecule has 2 N–H and O–H groups in total. The minimum absolute atomic E-state index is 0. The van der Waals surface area contributed by atoms with Gasteiger partial charge in [-0.3, -0.25) is 9.48 Å². The highest BCUT2D eigenvalue weighted by Gasteiger charge is 2.40. The largest absolute Gasteiger partial charge is 0.496 e. The van der Waals surface area contributed by atoms with E-state index in [9.17, 15) is 4.79 Å². The number of benzene rings is 1. The summed E-state index contributed by atoms with van der Waals surface area (Å²) in [4.78, 5) is 12.7. The normalized spacial score (nSPS) is 20.7. The number of ether oxygens (including phenoxy) is 1. The molecule has 4 rings (SSSR count). The smallest absolute Gasteiger partial charge is 0.259 e. The van der Waals surface area contributed by atoms with Gasteiger partial charge in [-0.25, -0.2) is 0 Å². The third-order valence-corrected chi connectivity index (χ3v) is 5.20. The summed E-state index contributed by atoms with van der Waals surface area (Å²) in [5, 5.41) is 10.7. The lowest BCUT2D eigenvalue weighted by atomic mass is 9.93. The van der Waals surface area contributed by atoms with E-state index >= 15 is 0 Å². The maximum absolute atomic E-state index is 12.7. The molecule has 0 aliphatic heterocycles. The minimum atomic E-state index is -0.171. The maximum Gasteiger partial charge on any atom is 0.259 e. The molecular formula is C19H26Cl2N4O2. The molecule has 1 aromatic heterocycles. The van der Waals surface area contributed by atoms with Crippen LogP contribution in [-0.2, 0) is 7.05 Å². The summed E-state index contributed by atoms with van der Waals surface area (Å²) in [7, 11) is 3.41. The number of carbonyl (C=O) groups excluding carboxylic acids is 1. The Labute approximate surface area is 171 Å². The number of hydrogen-bond acceptors (Lipinski definition) is 4. The van der Waals surface area contributed by atoms with Crippen molar-refractivity contribution in [3.63, 3.8) is 0 Å². The molecule has 27 heavy (non-hydrogen) atoms. The molecule has 6 nitrogen and oxygen atoms in total. The van der Waals surface area contributed by atoms with E-state index in [0.717, 1.165) is 6.42 Å². The van der Waals surface area contributed by atoms with Gasteiger partial charge in [0.1, 0.15) is 5.75 Å². The van der Waals surface area contributed by atoms with E-state index in [1.807, 2.05) is 19.2 Å². The second-order valence-electron chi connectivity index (χ2n) is 7.06. The van der Waals surface area contributed by atoms with Gasteiger partial charge in [0.25, 0.3) is 5.91 Å². The van der Waals surface area contributed by atoms with Crippen LogP contribution in [0.4, 0.5) is 5.69 Å². The fourth-order valence-corrected chi connectivity index (χ4v) is 3.44. The first-order valence-electron chi connectivity index (χ1n) is 8.88. The van der Waals surface area contributed by atoms with Gasteiger partial charge in [0.15, 0.2) is 0 Å². The zero-order valence-electron chi connectivity index (χ0n) is 15.5. The summed E-state index contributed by atoms with van der Waals surface area (Å²) < 4.78 is 7.04. The summed E-state index contributed by atoms with van der Waals surface area (Å²) in [6, 6.07) is 7.19. The Bertz CT molecular complexity index is 792. The lowest BCUT2D eigenvalue weighted by Gasteiger charge is -2.26. The molecule has 1 amide bonds. The van der Waals surface area contributed by atoms with E-state index in [1.165, 1.54) is 24.8 Å². The van der Waals surface area contributed by atoms with Gasteiger partial charge in [0.2, 0.25) is 0 Å². The van der Waals surface area contributed by atoms with Crippen molar-refractivity contribution in [1.29, 1.82) is 0 Å². The molecule has 2 atom stereocenters. The van der Waals surface area contributed by atoms with E-state index in [0.29, 0.717) is 35.0 Å². The topological polar surface area (TPSA) is 68.2 Å². The average Bonchev–Trinajstić information content (AvgIpc) is 3.24.